The molecule has 1 saturated carbocycles. The Bertz CT molecular complexity index is 317. The highest BCUT2D eigenvalue weighted by atomic mass is 16.3. The van der Waals surface area contributed by atoms with Gasteiger partial charge in [-0.15, -0.1) is 0 Å². The molecule has 0 aromatic rings. The molecule has 2 fully saturated rings. The van der Waals surface area contributed by atoms with E-state index >= 15 is 0 Å². The van der Waals surface area contributed by atoms with Crippen molar-refractivity contribution < 1.29 is 9.90 Å². The van der Waals surface area contributed by atoms with Crippen molar-refractivity contribution in [3.8, 4) is 0 Å². The van der Waals surface area contributed by atoms with E-state index in [9.17, 15) is 4.79 Å². The van der Waals surface area contributed by atoms with Crippen LogP contribution in [0.4, 0.5) is 4.79 Å². The quantitative estimate of drug-likeness (QED) is 0.722. The van der Waals surface area contributed by atoms with Crippen molar-refractivity contribution in [1.29, 1.82) is 0 Å². The summed E-state index contributed by atoms with van der Waals surface area (Å²) in [4.78, 5) is 14.3. The second kappa shape index (κ2) is 8.59. The fourth-order valence-electron chi connectivity index (χ4n) is 3.54. The molecule has 21 heavy (non-hydrogen) atoms. The van der Waals surface area contributed by atoms with E-state index in [0.717, 1.165) is 51.2 Å². The lowest BCUT2D eigenvalue weighted by atomic mass is 9.87. The lowest BCUT2D eigenvalue weighted by Crippen LogP contribution is -2.46. The zero-order valence-corrected chi connectivity index (χ0v) is 13.3. The predicted octanol–water partition coefficient (Wildman–Crippen LogP) is 1.57. The maximum absolute atomic E-state index is 11.9. The first-order valence-electron chi connectivity index (χ1n) is 8.55. The highest BCUT2D eigenvalue weighted by Gasteiger charge is 2.22. The maximum atomic E-state index is 11.9. The van der Waals surface area contributed by atoms with Crippen LogP contribution in [0.15, 0.2) is 0 Å². The second-order valence-electron chi connectivity index (χ2n) is 6.85. The van der Waals surface area contributed by atoms with Gasteiger partial charge in [-0.2, -0.15) is 0 Å². The number of urea groups is 1. The zero-order valence-electron chi connectivity index (χ0n) is 13.3. The lowest BCUT2D eigenvalue weighted by molar-refractivity contribution is 0.172. The molecule has 0 spiro atoms. The van der Waals surface area contributed by atoms with E-state index in [0.29, 0.717) is 5.92 Å². The molecule has 2 rings (SSSR count). The van der Waals surface area contributed by atoms with Gasteiger partial charge in [0, 0.05) is 32.3 Å². The summed E-state index contributed by atoms with van der Waals surface area (Å²) in [6.07, 6.45) is 6.63. The number of aliphatic hydroxyl groups excluding tert-OH is 1. The van der Waals surface area contributed by atoms with E-state index < -0.39 is 0 Å². The average molecular weight is 297 g/mol. The van der Waals surface area contributed by atoms with Gasteiger partial charge >= 0.3 is 6.03 Å². The first-order valence-corrected chi connectivity index (χ1v) is 8.55. The Kier molecular flexibility index (Phi) is 6.77. The summed E-state index contributed by atoms with van der Waals surface area (Å²) in [7, 11) is 0. The largest absolute Gasteiger partial charge is 0.396 e. The molecule has 1 unspecified atom stereocenters. The van der Waals surface area contributed by atoms with Gasteiger partial charge in [0.2, 0.25) is 0 Å². The van der Waals surface area contributed by atoms with Crippen molar-refractivity contribution in [2.45, 2.75) is 51.5 Å². The van der Waals surface area contributed by atoms with Gasteiger partial charge in [-0.05, 0) is 56.9 Å². The summed E-state index contributed by atoms with van der Waals surface area (Å²) in [6.45, 7) is 6.59. The number of amides is 2. The predicted molar refractivity (Wildman–Crippen MR) is 84.2 cm³/mol. The fourth-order valence-corrected chi connectivity index (χ4v) is 3.54. The standard InChI is InChI=1S/C16H31N3O2/c1-13-3-2-9-19(11-13)10-8-17-16(21)18-15-6-4-14(12-20)5-7-15/h13-15,20H,2-12H2,1H3,(H2,17,18,21). The van der Waals surface area contributed by atoms with E-state index in [1.165, 1.54) is 19.4 Å². The molecule has 122 valence electrons. The number of nitrogens with one attached hydrogen (secondary N) is 2. The summed E-state index contributed by atoms with van der Waals surface area (Å²) < 4.78 is 0. The topological polar surface area (TPSA) is 64.6 Å². The van der Waals surface area contributed by atoms with E-state index in [1.54, 1.807) is 0 Å². The van der Waals surface area contributed by atoms with E-state index in [-0.39, 0.29) is 18.7 Å². The minimum atomic E-state index is -0.0347. The summed E-state index contributed by atoms with van der Waals surface area (Å²) >= 11 is 0. The molecule has 1 aliphatic carbocycles. The molecule has 0 bridgehead atoms. The van der Waals surface area contributed by atoms with Crippen molar-refractivity contribution in [2.75, 3.05) is 32.8 Å². The molecule has 1 atom stereocenters. The number of hydrogen-bond donors (Lipinski definition) is 3. The third kappa shape index (κ3) is 5.83. The number of carbonyl (C=O) groups excluding carboxylic acids is 1. The van der Waals surface area contributed by atoms with Crippen molar-refractivity contribution >= 4 is 6.03 Å². The monoisotopic (exact) mass is 297 g/mol. The summed E-state index contributed by atoms with van der Waals surface area (Å²) in [5, 5.41) is 15.1. The van der Waals surface area contributed by atoms with E-state index in [2.05, 4.69) is 22.5 Å². The van der Waals surface area contributed by atoms with Crippen LogP contribution in [0.2, 0.25) is 0 Å². The first kappa shape index (κ1) is 16.6. The SMILES string of the molecule is CC1CCCN(CCNC(=O)NC2CCC(CO)CC2)C1. The highest BCUT2D eigenvalue weighted by molar-refractivity contribution is 5.74. The molecule has 1 saturated heterocycles. The minimum Gasteiger partial charge on any atom is -0.396 e. The number of aliphatic hydroxyl groups is 1. The lowest BCUT2D eigenvalue weighted by Gasteiger charge is -2.31. The van der Waals surface area contributed by atoms with Crippen molar-refractivity contribution in [1.82, 2.24) is 15.5 Å². The van der Waals surface area contributed by atoms with Gasteiger partial charge in [-0.3, -0.25) is 0 Å². The molecular formula is C16H31N3O2. The van der Waals surface area contributed by atoms with Crippen LogP contribution in [-0.2, 0) is 0 Å². The third-order valence-electron chi connectivity index (χ3n) is 4.89. The van der Waals surface area contributed by atoms with Gasteiger partial charge in [0.05, 0.1) is 0 Å². The smallest absolute Gasteiger partial charge is 0.315 e. The molecule has 1 aliphatic heterocycles. The molecule has 5 heteroatoms. The second-order valence-corrected chi connectivity index (χ2v) is 6.85. The number of carbonyl (C=O) groups is 1. The fraction of sp³-hybridized carbons (Fsp3) is 0.938. The van der Waals surface area contributed by atoms with Crippen LogP contribution in [0, 0.1) is 11.8 Å². The van der Waals surface area contributed by atoms with Crippen LogP contribution >= 0.6 is 0 Å². The van der Waals surface area contributed by atoms with Gasteiger partial charge in [0.25, 0.3) is 0 Å². The molecule has 0 radical (unpaired) electrons. The van der Waals surface area contributed by atoms with Gasteiger partial charge in [0.1, 0.15) is 0 Å². The Morgan fingerprint density at radius 3 is 2.67 bits per heavy atom. The van der Waals surface area contributed by atoms with Crippen LogP contribution in [0.3, 0.4) is 0 Å². The van der Waals surface area contributed by atoms with E-state index in [4.69, 9.17) is 5.11 Å². The molecule has 0 aromatic carbocycles. The zero-order chi connectivity index (χ0) is 15.1. The van der Waals surface area contributed by atoms with Crippen molar-refractivity contribution in [2.24, 2.45) is 11.8 Å². The number of rotatable bonds is 5. The normalized spacial score (nSPS) is 30.9. The average Bonchev–Trinajstić information content (AvgIpc) is 2.48. The van der Waals surface area contributed by atoms with Crippen molar-refractivity contribution in [3.63, 3.8) is 0 Å². The molecule has 0 aromatic heterocycles. The van der Waals surface area contributed by atoms with Crippen LogP contribution in [0.1, 0.15) is 45.4 Å². The molecular weight excluding hydrogens is 266 g/mol. The van der Waals surface area contributed by atoms with Gasteiger partial charge in [-0.25, -0.2) is 4.79 Å². The molecule has 5 nitrogen and oxygen atoms in total. The van der Waals surface area contributed by atoms with Gasteiger partial charge in [0.15, 0.2) is 0 Å². The van der Waals surface area contributed by atoms with E-state index in [1.807, 2.05) is 0 Å². The highest BCUT2D eigenvalue weighted by Crippen LogP contribution is 2.23. The Labute approximate surface area is 128 Å². The first-order chi connectivity index (χ1) is 10.2. The Hall–Kier alpha value is -0.810. The molecule has 2 aliphatic rings. The van der Waals surface area contributed by atoms with Crippen LogP contribution < -0.4 is 10.6 Å². The number of hydrogen-bond acceptors (Lipinski definition) is 3. The Balaban J connectivity index is 1.55. The Morgan fingerprint density at radius 1 is 1.24 bits per heavy atom. The molecule has 2 amide bonds. The van der Waals surface area contributed by atoms with Crippen molar-refractivity contribution in [3.05, 3.63) is 0 Å². The minimum absolute atomic E-state index is 0.0347. The van der Waals surface area contributed by atoms with Crippen LogP contribution in [0.25, 0.3) is 0 Å². The summed E-state index contributed by atoms with van der Waals surface area (Å²) in [5.41, 5.74) is 0. The van der Waals surface area contributed by atoms with Crippen LogP contribution in [0.5, 0.6) is 0 Å². The van der Waals surface area contributed by atoms with Crippen LogP contribution in [-0.4, -0.2) is 54.9 Å². The summed E-state index contributed by atoms with van der Waals surface area (Å²) in [6, 6.07) is 0.246. The Morgan fingerprint density at radius 2 is 2.00 bits per heavy atom. The van der Waals surface area contributed by atoms with Gasteiger partial charge < -0.3 is 20.6 Å². The molecule has 3 N–H and O–H groups in total. The van der Waals surface area contributed by atoms with Gasteiger partial charge in [-0.1, -0.05) is 6.92 Å². The molecule has 1 heterocycles. The summed E-state index contributed by atoms with van der Waals surface area (Å²) in [5.74, 6) is 1.22. The number of nitrogens with zero attached hydrogens (tertiary/aromatic N) is 1. The number of likely N-dealkylation sites (tertiary alicyclic amines) is 1. The maximum Gasteiger partial charge on any atom is 0.315 e. The number of piperidine rings is 1. The third-order valence-corrected chi connectivity index (χ3v) is 4.89.